The summed E-state index contributed by atoms with van der Waals surface area (Å²) >= 11 is 1.03. The van der Waals surface area contributed by atoms with Crippen molar-refractivity contribution in [1.82, 2.24) is 20.2 Å². The number of aryl methyl sites for hydroxylation is 3. The molecule has 2 aromatic carbocycles. The van der Waals surface area contributed by atoms with Crippen molar-refractivity contribution in [1.29, 1.82) is 0 Å². The zero-order valence-corrected chi connectivity index (χ0v) is 17.1. The van der Waals surface area contributed by atoms with Crippen LogP contribution in [0, 0.1) is 20.8 Å². The van der Waals surface area contributed by atoms with E-state index in [4.69, 9.17) is 0 Å². The number of carboxylic acid groups (broad SMARTS) is 1. The van der Waals surface area contributed by atoms with Gasteiger partial charge in [-0.2, -0.15) is 0 Å². The SMILES string of the molecule is Cc1cc(C)c2[nH]c(-c3ccccc3)c(/C=C(\Sc3n[nH]c(C)n3)C(=O)O)c2c1. The van der Waals surface area contributed by atoms with E-state index in [9.17, 15) is 9.90 Å². The van der Waals surface area contributed by atoms with Crippen LogP contribution in [-0.4, -0.2) is 31.2 Å². The number of nitrogens with one attached hydrogen (secondary N) is 2. The quantitative estimate of drug-likeness (QED) is 0.318. The molecule has 0 fully saturated rings. The van der Waals surface area contributed by atoms with Gasteiger partial charge in [-0.3, -0.25) is 5.10 Å². The molecule has 0 atom stereocenters. The largest absolute Gasteiger partial charge is 0.477 e. The predicted molar refractivity (Wildman–Crippen MR) is 116 cm³/mol. The maximum Gasteiger partial charge on any atom is 0.342 e. The van der Waals surface area contributed by atoms with Crippen LogP contribution in [0.2, 0.25) is 0 Å². The van der Waals surface area contributed by atoms with E-state index in [1.165, 1.54) is 0 Å². The summed E-state index contributed by atoms with van der Waals surface area (Å²) in [5.74, 6) is -0.379. The summed E-state index contributed by atoms with van der Waals surface area (Å²) in [7, 11) is 0. The third-order valence-corrected chi connectivity index (χ3v) is 5.49. The second kappa shape index (κ2) is 7.60. The van der Waals surface area contributed by atoms with Crippen LogP contribution in [0.15, 0.2) is 52.5 Å². The topological polar surface area (TPSA) is 94.7 Å². The molecular formula is C22H20N4O2S. The second-order valence-electron chi connectivity index (χ2n) is 6.90. The maximum atomic E-state index is 12.0. The first-order chi connectivity index (χ1) is 13.9. The first-order valence-electron chi connectivity index (χ1n) is 9.12. The molecule has 29 heavy (non-hydrogen) atoms. The predicted octanol–water partition coefficient (Wildman–Crippen LogP) is 5.10. The Hall–Kier alpha value is -3.32. The Morgan fingerprint density at radius 1 is 1.14 bits per heavy atom. The zero-order valence-electron chi connectivity index (χ0n) is 16.3. The highest BCUT2D eigenvalue weighted by Gasteiger charge is 2.18. The molecule has 0 bridgehead atoms. The summed E-state index contributed by atoms with van der Waals surface area (Å²) in [4.78, 5) is 19.9. The van der Waals surface area contributed by atoms with Crippen molar-refractivity contribution in [3.05, 3.63) is 69.9 Å². The van der Waals surface area contributed by atoms with Crippen molar-refractivity contribution in [2.45, 2.75) is 25.9 Å². The number of hydrogen-bond donors (Lipinski definition) is 3. The molecule has 2 aromatic heterocycles. The number of aromatic amines is 2. The summed E-state index contributed by atoms with van der Waals surface area (Å²) in [5.41, 5.74) is 5.97. The van der Waals surface area contributed by atoms with Gasteiger partial charge in [0.05, 0.1) is 5.69 Å². The molecule has 0 amide bonds. The molecule has 0 unspecified atom stereocenters. The van der Waals surface area contributed by atoms with Crippen LogP contribution >= 0.6 is 11.8 Å². The van der Waals surface area contributed by atoms with E-state index in [0.29, 0.717) is 11.0 Å². The normalized spacial score (nSPS) is 11.9. The Labute approximate surface area is 172 Å². The van der Waals surface area contributed by atoms with E-state index in [2.05, 4.69) is 39.2 Å². The molecule has 0 aliphatic heterocycles. The van der Waals surface area contributed by atoms with E-state index in [0.717, 1.165) is 50.6 Å². The van der Waals surface area contributed by atoms with Gasteiger partial charge in [-0.1, -0.05) is 42.0 Å². The summed E-state index contributed by atoms with van der Waals surface area (Å²) in [5, 5.41) is 18.0. The van der Waals surface area contributed by atoms with Crippen LogP contribution in [0.25, 0.3) is 28.2 Å². The van der Waals surface area contributed by atoms with E-state index in [-0.39, 0.29) is 4.91 Å². The number of nitrogens with zero attached hydrogens (tertiary/aromatic N) is 2. The lowest BCUT2D eigenvalue weighted by atomic mass is 10.0. The number of H-pyrrole nitrogens is 2. The van der Waals surface area contributed by atoms with E-state index in [1.807, 2.05) is 37.3 Å². The van der Waals surface area contributed by atoms with Gasteiger partial charge < -0.3 is 10.1 Å². The Kier molecular flexibility index (Phi) is 4.98. The summed E-state index contributed by atoms with van der Waals surface area (Å²) in [6, 6.07) is 14.1. The molecule has 6 nitrogen and oxygen atoms in total. The monoisotopic (exact) mass is 404 g/mol. The van der Waals surface area contributed by atoms with Crippen molar-refractivity contribution < 1.29 is 9.90 Å². The van der Waals surface area contributed by atoms with Crippen molar-refractivity contribution in [3.63, 3.8) is 0 Å². The number of carboxylic acids is 1. The Balaban J connectivity index is 1.94. The zero-order chi connectivity index (χ0) is 20.5. The summed E-state index contributed by atoms with van der Waals surface area (Å²) in [6.07, 6.45) is 1.71. The molecule has 3 N–H and O–H groups in total. The minimum atomic E-state index is -1.02. The number of fused-ring (bicyclic) bond motifs is 1. The molecule has 0 saturated heterocycles. The number of aliphatic carboxylic acids is 1. The minimum absolute atomic E-state index is 0.154. The van der Waals surface area contributed by atoms with Gasteiger partial charge in [-0.15, -0.1) is 5.10 Å². The molecule has 0 spiro atoms. The highest BCUT2D eigenvalue weighted by molar-refractivity contribution is 8.04. The van der Waals surface area contributed by atoms with Gasteiger partial charge >= 0.3 is 5.97 Å². The summed E-state index contributed by atoms with van der Waals surface area (Å²) < 4.78 is 0. The number of benzene rings is 2. The Morgan fingerprint density at radius 3 is 2.55 bits per heavy atom. The van der Waals surface area contributed by atoms with E-state index in [1.54, 1.807) is 13.0 Å². The first-order valence-corrected chi connectivity index (χ1v) is 9.94. The lowest BCUT2D eigenvalue weighted by Crippen LogP contribution is -1.97. The van der Waals surface area contributed by atoms with Gasteiger partial charge in [0, 0.05) is 16.5 Å². The lowest BCUT2D eigenvalue weighted by molar-refractivity contribution is -0.131. The summed E-state index contributed by atoms with van der Waals surface area (Å²) in [6.45, 7) is 5.87. The van der Waals surface area contributed by atoms with Gasteiger partial charge in [-0.25, -0.2) is 9.78 Å². The number of thioether (sulfide) groups is 1. The van der Waals surface area contributed by atoms with Crippen LogP contribution in [0.4, 0.5) is 0 Å². The van der Waals surface area contributed by atoms with Crippen molar-refractivity contribution in [2.75, 3.05) is 0 Å². The molecule has 0 radical (unpaired) electrons. The third-order valence-electron chi connectivity index (χ3n) is 4.62. The number of aromatic nitrogens is 4. The molecule has 2 heterocycles. The number of hydrogen-bond acceptors (Lipinski definition) is 4. The fourth-order valence-electron chi connectivity index (χ4n) is 3.39. The highest BCUT2D eigenvalue weighted by atomic mass is 32.2. The first kappa shape index (κ1) is 19.0. The second-order valence-corrected chi connectivity index (χ2v) is 7.91. The van der Waals surface area contributed by atoms with Gasteiger partial charge in [0.25, 0.3) is 0 Å². The molecule has 146 valence electrons. The highest BCUT2D eigenvalue weighted by Crippen LogP contribution is 2.36. The molecule has 7 heteroatoms. The van der Waals surface area contributed by atoms with Crippen LogP contribution in [0.1, 0.15) is 22.5 Å². The van der Waals surface area contributed by atoms with Gasteiger partial charge in [0.1, 0.15) is 10.7 Å². The van der Waals surface area contributed by atoms with Crippen LogP contribution in [0.3, 0.4) is 0 Å². The standard InChI is InChI=1S/C22H20N4O2S/c1-12-9-13(2)19-16(10-12)17(20(24-19)15-7-5-4-6-8-15)11-18(21(27)28)29-22-23-14(3)25-26-22/h4-11,24H,1-3H3,(H,27,28)(H,23,25,26)/b18-11-. The molecular weight excluding hydrogens is 384 g/mol. The minimum Gasteiger partial charge on any atom is -0.477 e. The fraction of sp³-hybridized carbons (Fsp3) is 0.136. The van der Waals surface area contributed by atoms with E-state index >= 15 is 0 Å². The molecule has 0 saturated carbocycles. The van der Waals surface area contributed by atoms with Gasteiger partial charge in [0.2, 0.25) is 5.16 Å². The molecule has 0 aliphatic rings. The van der Waals surface area contributed by atoms with Crippen molar-refractivity contribution >= 4 is 34.7 Å². The average molecular weight is 404 g/mol. The number of rotatable bonds is 5. The molecule has 4 aromatic rings. The van der Waals surface area contributed by atoms with Gasteiger partial charge in [-0.05, 0) is 55.8 Å². The number of carbonyl (C=O) groups is 1. The van der Waals surface area contributed by atoms with Crippen LogP contribution < -0.4 is 0 Å². The third kappa shape index (κ3) is 3.82. The van der Waals surface area contributed by atoms with Crippen LogP contribution in [-0.2, 0) is 4.79 Å². The Bertz CT molecular complexity index is 1240. The van der Waals surface area contributed by atoms with Crippen LogP contribution in [0.5, 0.6) is 0 Å². The average Bonchev–Trinajstić information content (AvgIpc) is 3.26. The van der Waals surface area contributed by atoms with Crippen molar-refractivity contribution in [3.8, 4) is 11.3 Å². The lowest BCUT2D eigenvalue weighted by Gasteiger charge is -2.04. The van der Waals surface area contributed by atoms with E-state index < -0.39 is 5.97 Å². The maximum absolute atomic E-state index is 12.0. The van der Waals surface area contributed by atoms with Gasteiger partial charge in [0.15, 0.2) is 0 Å². The fourth-order valence-corrected chi connectivity index (χ4v) is 4.12. The molecule has 0 aliphatic carbocycles. The molecule has 4 rings (SSSR count). The Morgan fingerprint density at radius 2 is 1.90 bits per heavy atom. The smallest absolute Gasteiger partial charge is 0.342 e. The van der Waals surface area contributed by atoms with Crippen molar-refractivity contribution in [2.24, 2.45) is 0 Å².